The van der Waals surface area contributed by atoms with E-state index in [1.54, 1.807) is 6.92 Å². The quantitative estimate of drug-likeness (QED) is 0.856. The summed E-state index contributed by atoms with van der Waals surface area (Å²) in [5.74, 6) is 0.0717. The van der Waals surface area contributed by atoms with Crippen LogP contribution in [-0.4, -0.2) is 13.1 Å². The van der Waals surface area contributed by atoms with Gasteiger partial charge in [-0.2, -0.15) is 0 Å². The zero-order valence-corrected chi connectivity index (χ0v) is 11.3. The summed E-state index contributed by atoms with van der Waals surface area (Å²) in [6.45, 7) is 3.53. The van der Waals surface area contributed by atoms with E-state index >= 15 is 4.39 Å². The van der Waals surface area contributed by atoms with E-state index in [4.69, 9.17) is 0 Å². The largest absolute Gasteiger partial charge is 0.316 e. The number of fused-ring (bicyclic) bond motifs is 1. The highest BCUT2D eigenvalue weighted by Crippen LogP contribution is 2.38. The van der Waals surface area contributed by atoms with E-state index in [0.29, 0.717) is 0 Å². The van der Waals surface area contributed by atoms with Crippen LogP contribution in [0.2, 0.25) is 0 Å². The molecule has 3 rings (SSSR count). The summed E-state index contributed by atoms with van der Waals surface area (Å²) >= 11 is 0. The number of hydrogen-bond donors (Lipinski definition) is 1. The minimum Gasteiger partial charge on any atom is -0.316 e. The van der Waals surface area contributed by atoms with Crippen LogP contribution in [0.3, 0.4) is 0 Å². The summed E-state index contributed by atoms with van der Waals surface area (Å²) in [6.07, 6.45) is 2.03. The topological polar surface area (TPSA) is 12.0 Å². The second kappa shape index (κ2) is 4.93. The molecule has 1 nitrogen and oxygen atoms in total. The van der Waals surface area contributed by atoms with Crippen molar-refractivity contribution in [1.82, 2.24) is 5.32 Å². The molecule has 0 radical (unpaired) electrons. The Morgan fingerprint density at radius 3 is 2.68 bits per heavy atom. The van der Waals surface area contributed by atoms with E-state index in [1.165, 1.54) is 5.39 Å². The molecule has 0 aliphatic carbocycles. The van der Waals surface area contributed by atoms with Crippen molar-refractivity contribution in [2.45, 2.75) is 25.4 Å². The van der Waals surface area contributed by atoms with Gasteiger partial charge in [0.2, 0.25) is 0 Å². The third-order valence-corrected chi connectivity index (χ3v) is 4.38. The molecular weight excluding hydrogens is 237 g/mol. The number of benzene rings is 2. The van der Waals surface area contributed by atoms with Crippen molar-refractivity contribution in [2.75, 3.05) is 13.1 Å². The van der Waals surface area contributed by atoms with Crippen LogP contribution in [0.4, 0.5) is 4.39 Å². The van der Waals surface area contributed by atoms with E-state index in [2.05, 4.69) is 11.4 Å². The predicted octanol–water partition coefficient (Wildman–Crippen LogP) is 4.02. The minimum atomic E-state index is -1.25. The van der Waals surface area contributed by atoms with Crippen molar-refractivity contribution in [2.24, 2.45) is 5.92 Å². The van der Waals surface area contributed by atoms with Gasteiger partial charge < -0.3 is 5.32 Å². The normalized spacial score (nSPS) is 23.2. The van der Waals surface area contributed by atoms with Crippen LogP contribution < -0.4 is 5.32 Å². The van der Waals surface area contributed by atoms with Gasteiger partial charge in [-0.3, -0.25) is 0 Å². The van der Waals surface area contributed by atoms with Gasteiger partial charge in [0.1, 0.15) is 5.67 Å². The standard InChI is InChI=1S/C17H20FN/c1-17(18,16-7-4-10-19-12-16)15-9-8-13-5-2-3-6-14(13)11-15/h2-3,5-6,8-9,11,16,19H,4,7,10,12H2,1H3. The molecule has 0 amide bonds. The van der Waals surface area contributed by atoms with Gasteiger partial charge in [-0.05, 0) is 48.7 Å². The Morgan fingerprint density at radius 1 is 1.16 bits per heavy atom. The van der Waals surface area contributed by atoms with Gasteiger partial charge in [0.15, 0.2) is 0 Å². The van der Waals surface area contributed by atoms with Gasteiger partial charge in [0, 0.05) is 12.5 Å². The van der Waals surface area contributed by atoms with E-state index < -0.39 is 5.67 Å². The van der Waals surface area contributed by atoms with Crippen molar-refractivity contribution in [3.8, 4) is 0 Å². The van der Waals surface area contributed by atoms with E-state index in [1.807, 2.05) is 36.4 Å². The molecule has 0 bridgehead atoms. The Morgan fingerprint density at radius 2 is 1.95 bits per heavy atom. The number of piperidine rings is 1. The fraction of sp³-hybridized carbons (Fsp3) is 0.412. The first kappa shape index (κ1) is 12.6. The molecular formula is C17H20FN. The molecule has 0 spiro atoms. The van der Waals surface area contributed by atoms with Crippen LogP contribution in [0.1, 0.15) is 25.3 Å². The lowest BCUT2D eigenvalue weighted by atomic mass is 9.80. The summed E-state index contributed by atoms with van der Waals surface area (Å²) in [5, 5.41) is 5.60. The van der Waals surface area contributed by atoms with Gasteiger partial charge in [-0.1, -0.05) is 36.4 Å². The zero-order chi connectivity index (χ0) is 13.3. The fourth-order valence-corrected chi connectivity index (χ4v) is 3.04. The third-order valence-electron chi connectivity index (χ3n) is 4.38. The molecule has 0 aromatic heterocycles. The minimum absolute atomic E-state index is 0.0717. The molecule has 0 saturated carbocycles. The summed E-state index contributed by atoms with van der Waals surface area (Å²) in [6, 6.07) is 14.1. The molecule has 1 heterocycles. The monoisotopic (exact) mass is 257 g/mol. The fourth-order valence-electron chi connectivity index (χ4n) is 3.04. The van der Waals surface area contributed by atoms with Crippen LogP contribution in [-0.2, 0) is 5.67 Å². The Kier molecular flexibility index (Phi) is 3.28. The first-order valence-electron chi connectivity index (χ1n) is 7.07. The summed E-state index contributed by atoms with van der Waals surface area (Å²) in [7, 11) is 0. The maximum atomic E-state index is 15.2. The Balaban J connectivity index is 1.97. The first-order valence-corrected chi connectivity index (χ1v) is 7.07. The summed E-state index contributed by atoms with van der Waals surface area (Å²) < 4.78 is 15.2. The third kappa shape index (κ3) is 2.37. The average molecular weight is 257 g/mol. The molecule has 1 N–H and O–H groups in total. The highest BCUT2D eigenvalue weighted by atomic mass is 19.1. The van der Waals surface area contributed by atoms with Gasteiger partial charge >= 0.3 is 0 Å². The molecule has 1 aliphatic rings. The van der Waals surface area contributed by atoms with Crippen molar-refractivity contribution < 1.29 is 4.39 Å². The van der Waals surface area contributed by atoms with Gasteiger partial charge in [0.05, 0.1) is 0 Å². The van der Waals surface area contributed by atoms with Crippen molar-refractivity contribution >= 4 is 10.8 Å². The first-order chi connectivity index (χ1) is 9.18. The second-order valence-corrected chi connectivity index (χ2v) is 5.68. The number of nitrogens with one attached hydrogen (secondary N) is 1. The smallest absolute Gasteiger partial charge is 0.137 e. The Hall–Kier alpha value is -1.41. The summed E-state index contributed by atoms with van der Waals surface area (Å²) in [5.41, 5.74) is -0.447. The maximum absolute atomic E-state index is 15.2. The lowest BCUT2D eigenvalue weighted by Gasteiger charge is -2.34. The average Bonchev–Trinajstić information content (AvgIpc) is 2.47. The van der Waals surface area contributed by atoms with E-state index in [0.717, 1.165) is 36.9 Å². The van der Waals surface area contributed by atoms with Gasteiger partial charge in [0.25, 0.3) is 0 Å². The number of hydrogen-bond acceptors (Lipinski definition) is 1. The molecule has 2 aromatic carbocycles. The van der Waals surface area contributed by atoms with Crippen LogP contribution in [0.5, 0.6) is 0 Å². The van der Waals surface area contributed by atoms with Crippen LogP contribution in [0, 0.1) is 5.92 Å². The van der Waals surface area contributed by atoms with E-state index in [9.17, 15) is 0 Å². The zero-order valence-electron chi connectivity index (χ0n) is 11.3. The van der Waals surface area contributed by atoms with Gasteiger partial charge in [-0.15, -0.1) is 0 Å². The highest BCUT2D eigenvalue weighted by Gasteiger charge is 2.36. The number of halogens is 1. The Labute approximate surface area is 113 Å². The van der Waals surface area contributed by atoms with Gasteiger partial charge in [-0.25, -0.2) is 4.39 Å². The Bertz CT molecular complexity index is 570. The van der Waals surface area contributed by atoms with Crippen molar-refractivity contribution in [3.63, 3.8) is 0 Å². The molecule has 1 fully saturated rings. The number of rotatable bonds is 2. The SMILES string of the molecule is CC(F)(c1ccc2ccccc2c1)C1CCCNC1. The lowest BCUT2D eigenvalue weighted by molar-refractivity contribution is 0.0813. The van der Waals surface area contributed by atoms with Crippen molar-refractivity contribution in [3.05, 3.63) is 48.0 Å². The lowest BCUT2D eigenvalue weighted by Crippen LogP contribution is -2.39. The predicted molar refractivity (Wildman–Crippen MR) is 78.0 cm³/mol. The maximum Gasteiger partial charge on any atom is 0.137 e. The molecule has 2 atom stereocenters. The molecule has 19 heavy (non-hydrogen) atoms. The van der Waals surface area contributed by atoms with Crippen LogP contribution >= 0.6 is 0 Å². The van der Waals surface area contributed by atoms with Crippen molar-refractivity contribution in [1.29, 1.82) is 0 Å². The molecule has 1 aliphatic heterocycles. The number of alkyl halides is 1. The molecule has 2 unspecified atom stereocenters. The summed E-state index contributed by atoms with van der Waals surface area (Å²) in [4.78, 5) is 0. The molecule has 2 heteroatoms. The highest BCUT2D eigenvalue weighted by molar-refractivity contribution is 5.83. The second-order valence-electron chi connectivity index (χ2n) is 5.68. The van der Waals surface area contributed by atoms with Crippen LogP contribution in [0.15, 0.2) is 42.5 Å². The van der Waals surface area contributed by atoms with E-state index in [-0.39, 0.29) is 5.92 Å². The molecule has 1 saturated heterocycles. The molecule has 100 valence electrons. The molecule has 2 aromatic rings. The van der Waals surface area contributed by atoms with Crippen LogP contribution in [0.25, 0.3) is 10.8 Å².